The molecule has 0 fully saturated rings. The molecule has 0 atom stereocenters. The standard InChI is InChI=1S/C18H16N4O2S2/c1-12-7-6-10-14-16(12)19-18(25-14)21-26(23,24)15-11-22(2)20-17(15)13-8-4-3-5-9-13/h3-11H,1-2H3,(H,19,21). The van der Waals surface area contributed by atoms with Crippen molar-refractivity contribution in [2.75, 3.05) is 4.72 Å². The van der Waals surface area contributed by atoms with Gasteiger partial charge in [0, 0.05) is 18.8 Å². The van der Waals surface area contributed by atoms with Crippen molar-refractivity contribution >= 4 is 36.7 Å². The van der Waals surface area contributed by atoms with Gasteiger partial charge in [-0.1, -0.05) is 53.8 Å². The minimum Gasteiger partial charge on any atom is -0.274 e. The van der Waals surface area contributed by atoms with Crippen LogP contribution in [0.1, 0.15) is 5.56 Å². The Morgan fingerprint density at radius 1 is 1.08 bits per heavy atom. The molecule has 8 heteroatoms. The van der Waals surface area contributed by atoms with E-state index < -0.39 is 10.0 Å². The molecular formula is C18H16N4O2S2. The van der Waals surface area contributed by atoms with E-state index >= 15 is 0 Å². The van der Waals surface area contributed by atoms with Gasteiger partial charge in [0.05, 0.1) is 10.2 Å². The minimum atomic E-state index is -3.82. The number of hydrogen-bond acceptors (Lipinski definition) is 5. The van der Waals surface area contributed by atoms with E-state index in [0.29, 0.717) is 10.8 Å². The highest BCUT2D eigenvalue weighted by Gasteiger charge is 2.24. The van der Waals surface area contributed by atoms with Crippen LogP contribution in [-0.4, -0.2) is 23.2 Å². The number of benzene rings is 2. The average molecular weight is 384 g/mol. The van der Waals surface area contributed by atoms with Crippen molar-refractivity contribution in [1.29, 1.82) is 0 Å². The summed E-state index contributed by atoms with van der Waals surface area (Å²) in [6, 6.07) is 15.1. The summed E-state index contributed by atoms with van der Waals surface area (Å²) in [4.78, 5) is 4.56. The second kappa shape index (κ2) is 6.22. The summed E-state index contributed by atoms with van der Waals surface area (Å²) in [5.41, 5.74) is 2.98. The molecule has 1 N–H and O–H groups in total. The quantitative estimate of drug-likeness (QED) is 0.580. The van der Waals surface area contributed by atoms with Gasteiger partial charge in [-0.05, 0) is 18.6 Å². The molecule has 4 aromatic rings. The molecule has 0 aliphatic carbocycles. The number of aryl methyl sites for hydroxylation is 2. The summed E-state index contributed by atoms with van der Waals surface area (Å²) < 4.78 is 31.0. The first kappa shape index (κ1) is 16.7. The lowest BCUT2D eigenvalue weighted by Crippen LogP contribution is -2.13. The zero-order valence-corrected chi connectivity index (χ0v) is 15.8. The molecule has 0 saturated heterocycles. The largest absolute Gasteiger partial charge is 0.274 e. The van der Waals surface area contributed by atoms with Crippen LogP contribution in [0.3, 0.4) is 0 Å². The van der Waals surface area contributed by atoms with Crippen molar-refractivity contribution < 1.29 is 8.42 Å². The maximum Gasteiger partial charge on any atom is 0.267 e. The first-order valence-electron chi connectivity index (χ1n) is 7.92. The molecule has 0 unspecified atom stereocenters. The van der Waals surface area contributed by atoms with Gasteiger partial charge in [0.15, 0.2) is 5.13 Å². The van der Waals surface area contributed by atoms with Crippen LogP contribution >= 0.6 is 11.3 Å². The normalized spacial score (nSPS) is 11.8. The van der Waals surface area contributed by atoms with Crippen LogP contribution in [0.4, 0.5) is 5.13 Å². The molecule has 2 aromatic heterocycles. The fourth-order valence-electron chi connectivity index (χ4n) is 2.76. The molecule has 132 valence electrons. The maximum absolute atomic E-state index is 13.0. The van der Waals surface area contributed by atoms with Gasteiger partial charge in [0.2, 0.25) is 0 Å². The zero-order valence-electron chi connectivity index (χ0n) is 14.2. The summed E-state index contributed by atoms with van der Waals surface area (Å²) in [7, 11) is -2.12. The molecular weight excluding hydrogens is 368 g/mol. The number of anilines is 1. The average Bonchev–Trinajstić information content (AvgIpc) is 3.20. The fraction of sp³-hybridized carbons (Fsp3) is 0.111. The van der Waals surface area contributed by atoms with Gasteiger partial charge in [0.25, 0.3) is 10.0 Å². The van der Waals surface area contributed by atoms with Gasteiger partial charge in [-0.25, -0.2) is 13.4 Å². The number of aromatic nitrogens is 3. The van der Waals surface area contributed by atoms with E-state index in [0.717, 1.165) is 21.3 Å². The third-order valence-electron chi connectivity index (χ3n) is 3.97. The van der Waals surface area contributed by atoms with Crippen LogP contribution in [0, 0.1) is 6.92 Å². The van der Waals surface area contributed by atoms with Gasteiger partial charge in [-0.2, -0.15) is 5.10 Å². The number of sulfonamides is 1. The smallest absolute Gasteiger partial charge is 0.267 e. The van der Waals surface area contributed by atoms with Crippen molar-refractivity contribution in [2.45, 2.75) is 11.8 Å². The molecule has 0 saturated carbocycles. The first-order valence-corrected chi connectivity index (χ1v) is 10.2. The maximum atomic E-state index is 13.0. The topological polar surface area (TPSA) is 76.9 Å². The number of thiazole rings is 1. The molecule has 0 aliphatic rings. The molecule has 2 aromatic carbocycles. The van der Waals surface area contributed by atoms with E-state index in [4.69, 9.17) is 0 Å². The lowest BCUT2D eigenvalue weighted by atomic mass is 10.2. The van der Waals surface area contributed by atoms with E-state index in [-0.39, 0.29) is 4.90 Å². The van der Waals surface area contributed by atoms with E-state index in [1.54, 1.807) is 7.05 Å². The van der Waals surface area contributed by atoms with Gasteiger partial charge in [-0.15, -0.1) is 0 Å². The van der Waals surface area contributed by atoms with Gasteiger partial charge in [0.1, 0.15) is 10.6 Å². The molecule has 0 radical (unpaired) electrons. The van der Waals surface area contributed by atoms with Crippen molar-refractivity contribution in [1.82, 2.24) is 14.8 Å². The Kier molecular flexibility index (Phi) is 4.01. The number of para-hydroxylation sites is 1. The van der Waals surface area contributed by atoms with Gasteiger partial charge < -0.3 is 0 Å². The SMILES string of the molecule is Cc1cccc2sc(NS(=O)(=O)c3cn(C)nc3-c3ccccc3)nc12. The minimum absolute atomic E-state index is 0.127. The predicted molar refractivity (Wildman–Crippen MR) is 104 cm³/mol. The van der Waals surface area contributed by atoms with Crippen LogP contribution in [-0.2, 0) is 17.1 Å². The summed E-state index contributed by atoms with van der Waals surface area (Å²) in [6.07, 6.45) is 1.50. The van der Waals surface area contributed by atoms with Crippen LogP contribution < -0.4 is 4.72 Å². The molecule has 0 spiro atoms. The van der Waals surface area contributed by atoms with Crippen molar-refractivity contribution in [2.24, 2.45) is 7.05 Å². The number of fused-ring (bicyclic) bond motifs is 1. The van der Waals surface area contributed by atoms with Crippen LogP contribution in [0.5, 0.6) is 0 Å². The highest BCUT2D eigenvalue weighted by atomic mass is 32.2. The summed E-state index contributed by atoms with van der Waals surface area (Å²) in [5.74, 6) is 0. The summed E-state index contributed by atoms with van der Waals surface area (Å²) >= 11 is 1.31. The number of rotatable bonds is 4. The first-order chi connectivity index (χ1) is 12.4. The summed E-state index contributed by atoms with van der Waals surface area (Å²) in [5, 5.41) is 4.67. The summed E-state index contributed by atoms with van der Waals surface area (Å²) in [6.45, 7) is 1.95. The molecule has 2 heterocycles. The third kappa shape index (κ3) is 2.97. The van der Waals surface area contributed by atoms with Crippen LogP contribution in [0.15, 0.2) is 59.6 Å². The Hall–Kier alpha value is -2.71. The Morgan fingerprint density at radius 3 is 2.58 bits per heavy atom. The lowest BCUT2D eigenvalue weighted by molar-refractivity contribution is 0.601. The lowest BCUT2D eigenvalue weighted by Gasteiger charge is -2.05. The van der Waals surface area contributed by atoms with E-state index in [1.165, 1.54) is 22.2 Å². The zero-order chi connectivity index (χ0) is 18.3. The molecule has 26 heavy (non-hydrogen) atoms. The number of nitrogens with one attached hydrogen (secondary N) is 1. The predicted octanol–water partition coefficient (Wildman–Crippen LogP) is 3.81. The highest BCUT2D eigenvalue weighted by molar-refractivity contribution is 7.93. The molecule has 0 aliphatic heterocycles. The second-order valence-corrected chi connectivity index (χ2v) is 8.61. The van der Waals surface area contributed by atoms with E-state index in [9.17, 15) is 8.42 Å². The Morgan fingerprint density at radius 2 is 1.85 bits per heavy atom. The molecule has 0 amide bonds. The fourth-order valence-corrected chi connectivity index (χ4v) is 5.14. The molecule has 6 nitrogen and oxygen atoms in total. The van der Waals surface area contributed by atoms with E-state index in [1.807, 2.05) is 55.5 Å². The van der Waals surface area contributed by atoms with Gasteiger partial charge in [-0.3, -0.25) is 9.40 Å². The number of hydrogen-bond donors (Lipinski definition) is 1. The van der Waals surface area contributed by atoms with Gasteiger partial charge >= 0.3 is 0 Å². The Labute approximate surface area is 155 Å². The van der Waals surface area contributed by atoms with Crippen LogP contribution in [0.2, 0.25) is 0 Å². The van der Waals surface area contributed by atoms with Crippen molar-refractivity contribution in [3.05, 3.63) is 60.3 Å². The Bertz CT molecular complexity index is 1190. The molecule has 0 bridgehead atoms. The third-order valence-corrected chi connectivity index (χ3v) is 6.38. The van der Waals surface area contributed by atoms with Crippen molar-refractivity contribution in [3.8, 4) is 11.3 Å². The highest BCUT2D eigenvalue weighted by Crippen LogP contribution is 2.31. The van der Waals surface area contributed by atoms with Crippen molar-refractivity contribution in [3.63, 3.8) is 0 Å². The monoisotopic (exact) mass is 384 g/mol. The molecule has 4 rings (SSSR count). The number of nitrogens with zero attached hydrogens (tertiary/aromatic N) is 3. The van der Waals surface area contributed by atoms with E-state index in [2.05, 4.69) is 14.8 Å². The Balaban J connectivity index is 1.76. The van der Waals surface area contributed by atoms with Crippen LogP contribution in [0.25, 0.3) is 21.5 Å². The second-order valence-electron chi connectivity index (χ2n) is 5.93.